The fraction of sp³-hybridized carbons (Fsp3) is 0.500. The third-order valence-electron chi connectivity index (χ3n) is 2.15. The number of alkyl halides is 6. The van der Waals surface area contributed by atoms with E-state index in [9.17, 15) is 22.0 Å². The van der Waals surface area contributed by atoms with Crippen molar-refractivity contribution in [1.82, 2.24) is 4.98 Å². The highest BCUT2D eigenvalue weighted by Crippen LogP contribution is 2.37. The highest BCUT2D eigenvalue weighted by atomic mass is 79.9. The molecule has 0 radical (unpaired) electrons. The van der Waals surface area contributed by atoms with Gasteiger partial charge in [-0.25, -0.2) is 13.8 Å². The predicted octanol–water partition coefficient (Wildman–Crippen LogP) is 4.17. The van der Waals surface area contributed by atoms with E-state index in [0.717, 1.165) is 17.2 Å². The van der Waals surface area contributed by atoms with Gasteiger partial charge in [0.05, 0.1) is 12.1 Å². The lowest BCUT2D eigenvalue weighted by Gasteiger charge is -2.25. The maximum Gasteiger partial charge on any atom is 0.419 e. The first-order valence-corrected chi connectivity index (χ1v) is 6.40. The van der Waals surface area contributed by atoms with Gasteiger partial charge in [-0.05, 0) is 22.0 Å². The summed E-state index contributed by atoms with van der Waals surface area (Å²) in [5, 5.41) is 0. The second-order valence-corrected chi connectivity index (χ2v) is 4.84. The topological polar surface area (TPSA) is 16.1 Å². The molecule has 0 saturated heterocycles. The van der Waals surface area contributed by atoms with E-state index in [1.807, 2.05) is 0 Å². The van der Waals surface area contributed by atoms with Gasteiger partial charge in [-0.15, -0.1) is 11.6 Å². The molecule has 1 aromatic heterocycles. The highest BCUT2D eigenvalue weighted by molar-refractivity contribution is 9.10. The van der Waals surface area contributed by atoms with Crippen LogP contribution in [0.5, 0.6) is 0 Å². The molecule has 0 aliphatic rings. The molecule has 19 heavy (non-hydrogen) atoms. The number of hydrogen-bond donors (Lipinski definition) is 0. The summed E-state index contributed by atoms with van der Waals surface area (Å²) in [4.78, 5) is 4.41. The summed E-state index contributed by atoms with van der Waals surface area (Å²) in [5.41, 5.74) is -1.08. The zero-order valence-electron chi connectivity index (χ0n) is 9.39. The second-order valence-electron chi connectivity index (χ2n) is 3.55. The molecule has 0 spiro atoms. The number of halogens is 7. The van der Waals surface area contributed by atoms with E-state index in [1.54, 1.807) is 0 Å². The minimum Gasteiger partial charge on any atom is -0.349 e. The van der Waals surface area contributed by atoms with Crippen molar-refractivity contribution in [3.05, 3.63) is 22.3 Å². The minimum absolute atomic E-state index is 0.0816. The smallest absolute Gasteiger partial charge is 0.349 e. The van der Waals surface area contributed by atoms with Gasteiger partial charge in [0.1, 0.15) is 5.82 Å². The molecule has 1 aromatic rings. The Bertz CT molecular complexity index is 427. The lowest BCUT2D eigenvalue weighted by molar-refractivity contribution is -0.137. The van der Waals surface area contributed by atoms with Gasteiger partial charge in [0.15, 0.2) is 0 Å². The van der Waals surface area contributed by atoms with Crippen molar-refractivity contribution in [3.63, 3.8) is 0 Å². The third kappa shape index (κ3) is 4.76. The molecule has 1 heterocycles. The van der Waals surface area contributed by atoms with E-state index in [-0.39, 0.29) is 16.9 Å². The predicted molar refractivity (Wildman–Crippen MR) is 65.9 cm³/mol. The van der Waals surface area contributed by atoms with E-state index in [4.69, 9.17) is 11.6 Å². The Hall–Kier alpha value is -0.630. The van der Waals surface area contributed by atoms with E-state index in [1.165, 1.54) is 0 Å². The van der Waals surface area contributed by atoms with Gasteiger partial charge < -0.3 is 4.90 Å². The summed E-state index contributed by atoms with van der Waals surface area (Å²) < 4.78 is 63.5. The van der Waals surface area contributed by atoms with Crippen LogP contribution in [0, 0.1) is 0 Å². The average Bonchev–Trinajstić information content (AvgIpc) is 2.26. The largest absolute Gasteiger partial charge is 0.419 e. The molecule has 0 aliphatic heterocycles. The first-order valence-electron chi connectivity index (χ1n) is 5.07. The van der Waals surface area contributed by atoms with Crippen LogP contribution in [-0.2, 0) is 6.18 Å². The van der Waals surface area contributed by atoms with Crippen molar-refractivity contribution in [2.45, 2.75) is 12.6 Å². The van der Waals surface area contributed by atoms with Crippen LogP contribution < -0.4 is 4.90 Å². The van der Waals surface area contributed by atoms with Gasteiger partial charge in [-0.3, -0.25) is 0 Å². The van der Waals surface area contributed by atoms with Crippen molar-refractivity contribution in [1.29, 1.82) is 0 Å². The molecule has 0 amide bonds. The summed E-state index contributed by atoms with van der Waals surface area (Å²) in [6.45, 7) is -1.01. The zero-order chi connectivity index (χ0) is 14.6. The Morgan fingerprint density at radius 2 is 2.00 bits per heavy atom. The summed E-state index contributed by atoms with van der Waals surface area (Å²) in [6.07, 6.45) is -6.34. The molecule has 0 fully saturated rings. The Morgan fingerprint density at radius 1 is 1.37 bits per heavy atom. The summed E-state index contributed by atoms with van der Waals surface area (Å²) in [5.74, 6) is -0.626. The fourth-order valence-corrected chi connectivity index (χ4v) is 1.98. The number of pyridine rings is 1. The van der Waals surface area contributed by atoms with Crippen molar-refractivity contribution in [2.75, 3.05) is 23.9 Å². The lowest BCUT2D eigenvalue weighted by Crippen LogP contribution is -2.33. The van der Waals surface area contributed by atoms with Gasteiger partial charge in [-0.1, -0.05) is 0 Å². The van der Waals surface area contributed by atoms with E-state index in [2.05, 4.69) is 20.9 Å². The molecule has 0 N–H and O–H groups in total. The number of aromatic nitrogens is 1. The summed E-state index contributed by atoms with van der Waals surface area (Å²) in [6, 6.07) is 0.801. The average molecular weight is 368 g/mol. The maximum atomic E-state index is 12.9. The van der Waals surface area contributed by atoms with E-state index >= 15 is 0 Å². The zero-order valence-corrected chi connectivity index (χ0v) is 11.7. The molecule has 0 aromatic carbocycles. The van der Waals surface area contributed by atoms with Crippen molar-refractivity contribution in [2.24, 2.45) is 0 Å². The van der Waals surface area contributed by atoms with Crippen LogP contribution in [-0.4, -0.2) is 30.4 Å². The molecule has 1 rings (SSSR count). The van der Waals surface area contributed by atoms with Crippen LogP contribution in [0.1, 0.15) is 5.56 Å². The van der Waals surface area contributed by atoms with Crippen molar-refractivity contribution < 1.29 is 22.0 Å². The van der Waals surface area contributed by atoms with Crippen LogP contribution in [0.2, 0.25) is 0 Å². The second kappa shape index (κ2) is 6.69. The molecule has 0 saturated carbocycles. The third-order valence-corrected chi connectivity index (χ3v) is 2.75. The molecular weight excluding hydrogens is 358 g/mol. The van der Waals surface area contributed by atoms with Crippen LogP contribution in [0.25, 0.3) is 0 Å². The van der Waals surface area contributed by atoms with E-state index < -0.39 is 30.5 Å². The van der Waals surface area contributed by atoms with Crippen LogP contribution >= 0.6 is 27.5 Å². The number of anilines is 1. The quantitative estimate of drug-likeness (QED) is 0.573. The lowest BCUT2D eigenvalue weighted by atomic mass is 10.2. The first kappa shape index (κ1) is 16.4. The highest BCUT2D eigenvalue weighted by Gasteiger charge is 2.36. The molecule has 0 bridgehead atoms. The minimum atomic E-state index is -4.68. The summed E-state index contributed by atoms with van der Waals surface area (Å²) >= 11 is 8.30. The molecule has 0 aliphatic carbocycles. The molecule has 0 unspecified atom stereocenters. The Morgan fingerprint density at radius 3 is 2.47 bits per heavy atom. The number of nitrogens with zero attached hydrogens (tertiary/aromatic N) is 2. The van der Waals surface area contributed by atoms with Crippen molar-refractivity contribution >= 4 is 33.3 Å². The van der Waals surface area contributed by atoms with E-state index in [0.29, 0.717) is 0 Å². The molecule has 108 valence electrons. The maximum absolute atomic E-state index is 12.9. The molecule has 9 heteroatoms. The molecule has 0 atom stereocenters. The van der Waals surface area contributed by atoms with Gasteiger partial charge in [0, 0.05) is 23.1 Å². The van der Waals surface area contributed by atoms with Gasteiger partial charge in [0.25, 0.3) is 6.43 Å². The van der Waals surface area contributed by atoms with Crippen molar-refractivity contribution in [3.8, 4) is 0 Å². The SMILES string of the molecule is FC(F)CN(CCCl)c1ncc(Br)cc1C(F)(F)F. The molecule has 2 nitrogen and oxygen atoms in total. The summed E-state index contributed by atoms with van der Waals surface area (Å²) in [7, 11) is 0. The monoisotopic (exact) mass is 366 g/mol. The Labute approximate surface area is 119 Å². The fourth-order valence-electron chi connectivity index (χ4n) is 1.44. The van der Waals surface area contributed by atoms with Gasteiger partial charge in [0.2, 0.25) is 0 Å². The number of rotatable bonds is 5. The standard InChI is InChI=1S/C10H9BrClF5N2/c11-6-3-7(10(15,16)17)9(18-4-6)19(2-1-12)5-8(13)14/h3-4,8H,1-2,5H2. The van der Waals surface area contributed by atoms with Crippen LogP contribution in [0.3, 0.4) is 0 Å². The molecular formula is C10H9BrClF5N2. The van der Waals surface area contributed by atoms with Crippen LogP contribution in [0.15, 0.2) is 16.7 Å². The van der Waals surface area contributed by atoms with Crippen LogP contribution in [0.4, 0.5) is 27.8 Å². The normalized spacial score (nSPS) is 12.0. The Kier molecular flexibility index (Phi) is 5.79. The number of hydrogen-bond acceptors (Lipinski definition) is 2. The van der Waals surface area contributed by atoms with Gasteiger partial charge >= 0.3 is 6.18 Å². The Balaban J connectivity index is 3.21. The first-order chi connectivity index (χ1) is 8.75. The van der Waals surface area contributed by atoms with Gasteiger partial charge in [-0.2, -0.15) is 13.2 Å².